The number of guanidine groups is 1. The third kappa shape index (κ3) is 3.34. The fraction of sp³-hybridized carbons (Fsp3) is 0.579. The van der Waals surface area contributed by atoms with Crippen LogP contribution in [0.4, 0.5) is 5.69 Å². The number of hydrogen-bond donors (Lipinski definition) is 1. The number of piperazine rings is 1. The minimum absolute atomic E-state index is 0. The normalized spacial score (nSPS) is 21.9. The first-order valence-corrected chi connectivity index (χ1v) is 9.14. The van der Waals surface area contributed by atoms with E-state index < -0.39 is 0 Å². The fourth-order valence-corrected chi connectivity index (χ4v) is 4.06. The molecule has 1 fully saturated rings. The monoisotopic (exact) mass is 362 g/mol. The van der Waals surface area contributed by atoms with Crippen molar-refractivity contribution in [1.82, 2.24) is 9.80 Å². The molecule has 4 rings (SSSR count). The first-order chi connectivity index (χ1) is 11.6. The van der Waals surface area contributed by atoms with Gasteiger partial charge in [-0.25, -0.2) is 4.99 Å². The summed E-state index contributed by atoms with van der Waals surface area (Å²) >= 11 is 0. The lowest BCUT2D eigenvalue weighted by Gasteiger charge is -2.40. The van der Waals surface area contributed by atoms with Crippen LogP contribution >= 0.6 is 12.4 Å². The third-order valence-electron chi connectivity index (χ3n) is 5.36. The van der Waals surface area contributed by atoms with Crippen LogP contribution < -0.4 is 5.32 Å². The summed E-state index contributed by atoms with van der Waals surface area (Å²) in [6.07, 6.45) is 3.53. The fourth-order valence-electron chi connectivity index (χ4n) is 4.06. The van der Waals surface area contributed by atoms with Crippen molar-refractivity contribution >= 4 is 30.0 Å². The molecule has 2 aliphatic heterocycles. The van der Waals surface area contributed by atoms with Gasteiger partial charge in [0.15, 0.2) is 5.96 Å². The maximum Gasteiger partial charge on any atom is 0.225 e. The molecule has 5 nitrogen and oxygen atoms in total. The maximum atomic E-state index is 12.1. The highest BCUT2D eigenvalue weighted by Crippen LogP contribution is 2.40. The zero-order chi connectivity index (χ0) is 16.7. The first-order valence-electron chi connectivity index (χ1n) is 9.14. The number of aryl methyl sites for hydroxylation is 1. The van der Waals surface area contributed by atoms with Crippen LogP contribution in [0.2, 0.25) is 0 Å². The number of aliphatic imine (C=N–C) groups is 1. The molecule has 1 aromatic carbocycles. The standard InChI is InChI=1S/C19H26N4O.ClH/c1-13(2)18(24)22-9-11-23(12-10-22)19-20-15-7-3-5-14-6-4-8-16(21-19)17(14)15;/h3,5,7,13,16H,4,6,8-12H2,1-2H3,(H,20,21);1H. The number of benzene rings is 1. The number of nitrogens with one attached hydrogen (secondary N) is 1. The molecule has 1 saturated heterocycles. The van der Waals surface area contributed by atoms with Gasteiger partial charge in [-0.2, -0.15) is 0 Å². The van der Waals surface area contributed by atoms with Crippen molar-refractivity contribution in [3.63, 3.8) is 0 Å². The number of anilines is 1. The molecule has 3 aliphatic rings. The number of carbonyl (C=O) groups is 1. The Morgan fingerprint density at radius 1 is 1.24 bits per heavy atom. The van der Waals surface area contributed by atoms with Crippen molar-refractivity contribution in [2.24, 2.45) is 10.9 Å². The van der Waals surface area contributed by atoms with Crippen LogP contribution in [0.5, 0.6) is 0 Å². The van der Waals surface area contributed by atoms with E-state index in [1.807, 2.05) is 18.7 Å². The molecule has 0 aromatic heterocycles. The number of carbonyl (C=O) groups excluding carboxylic acids is 1. The van der Waals surface area contributed by atoms with E-state index in [-0.39, 0.29) is 24.2 Å². The molecular formula is C19H27ClN4O. The minimum Gasteiger partial charge on any atom is -0.339 e. The third-order valence-corrected chi connectivity index (χ3v) is 5.36. The van der Waals surface area contributed by atoms with Gasteiger partial charge < -0.3 is 15.1 Å². The summed E-state index contributed by atoms with van der Waals surface area (Å²) in [5, 5.41) is 3.55. The summed E-state index contributed by atoms with van der Waals surface area (Å²) in [5.74, 6) is 1.33. The topological polar surface area (TPSA) is 47.9 Å². The predicted octanol–water partition coefficient (Wildman–Crippen LogP) is 3.07. The Bertz CT molecular complexity index is 680. The number of hydrogen-bond acceptors (Lipinski definition) is 4. The molecule has 1 amide bonds. The van der Waals surface area contributed by atoms with Crippen molar-refractivity contribution in [2.45, 2.75) is 39.2 Å². The lowest BCUT2D eigenvalue weighted by Crippen LogP contribution is -2.53. The second kappa shape index (κ2) is 7.24. The molecule has 0 bridgehead atoms. The van der Waals surface area contributed by atoms with Crippen molar-refractivity contribution in [2.75, 3.05) is 31.5 Å². The Morgan fingerprint density at radius 2 is 2.00 bits per heavy atom. The molecule has 6 heteroatoms. The van der Waals surface area contributed by atoms with Crippen LogP contribution in [0.25, 0.3) is 0 Å². The van der Waals surface area contributed by atoms with Gasteiger partial charge in [0.1, 0.15) is 0 Å². The molecular weight excluding hydrogens is 336 g/mol. The van der Waals surface area contributed by atoms with Gasteiger partial charge in [-0.1, -0.05) is 26.0 Å². The van der Waals surface area contributed by atoms with Crippen molar-refractivity contribution < 1.29 is 4.79 Å². The lowest BCUT2D eigenvalue weighted by atomic mass is 9.86. The number of rotatable bonds is 1. The number of amides is 1. The van der Waals surface area contributed by atoms with Crippen LogP contribution in [0, 0.1) is 5.92 Å². The maximum absolute atomic E-state index is 12.1. The first kappa shape index (κ1) is 18.1. The van der Waals surface area contributed by atoms with E-state index in [1.165, 1.54) is 29.7 Å². The van der Waals surface area contributed by atoms with Crippen LogP contribution in [-0.4, -0.2) is 47.8 Å². The van der Waals surface area contributed by atoms with Gasteiger partial charge in [0, 0.05) is 43.3 Å². The Morgan fingerprint density at radius 3 is 2.72 bits per heavy atom. The smallest absolute Gasteiger partial charge is 0.225 e. The van der Waals surface area contributed by atoms with Gasteiger partial charge in [0.25, 0.3) is 0 Å². The molecule has 0 radical (unpaired) electrons. The van der Waals surface area contributed by atoms with E-state index in [0.717, 1.165) is 38.6 Å². The SMILES string of the molecule is CC(C)C(=O)N1CCN(C2=NC3CCCc4cccc(c43)N2)CC1.Cl. The highest BCUT2D eigenvalue weighted by molar-refractivity contribution is 5.97. The molecule has 1 N–H and O–H groups in total. The minimum atomic E-state index is 0. The van der Waals surface area contributed by atoms with Crippen molar-refractivity contribution in [3.05, 3.63) is 29.3 Å². The molecule has 0 spiro atoms. The quantitative estimate of drug-likeness (QED) is 0.835. The second-order valence-corrected chi connectivity index (χ2v) is 7.33. The van der Waals surface area contributed by atoms with Gasteiger partial charge in [-0.15, -0.1) is 12.4 Å². The molecule has 1 unspecified atom stereocenters. The Balaban J connectivity index is 0.00000182. The second-order valence-electron chi connectivity index (χ2n) is 7.33. The van der Waals surface area contributed by atoms with Gasteiger partial charge >= 0.3 is 0 Å². The van der Waals surface area contributed by atoms with E-state index in [4.69, 9.17) is 4.99 Å². The van der Waals surface area contributed by atoms with Crippen molar-refractivity contribution in [1.29, 1.82) is 0 Å². The summed E-state index contributed by atoms with van der Waals surface area (Å²) in [6, 6.07) is 6.86. The summed E-state index contributed by atoms with van der Waals surface area (Å²) in [4.78, 5) is 21.4. The zero-order valence-electron chi connectivity index (χ0n) is 15.0. The van der Waals surface area contributed by atoms with Crippen LogP contribution in [-0.2, 0) is 11.2 Å². The van der Waals surface area contributed by atoms with Crippen LogP contribution in [0.15, 0.2) is 23.2 Å². The summed E-state index contributed by atoms with van der Waals surface area (Å²) in [6.45, 7) is 7.22. The van der Waals surface area contributed by atoms with Crippen molar-refractivity contribution in [3.8, 4) is 0 Å². The van der Waals surface area contributed by atoms with E-state index >= 15 is 0 Å². The van der Waals surface area contributed by atoms with Crippen LogP contribution in [0.1, 0.15) is 43.9 Å². The molecule has 25 heavy (non-hydrogen) atoms. The average Bonchev–Trinajstić information content (AvgIpc) is 2.61. The lowest BCUT2D eigenvalue weighted by molar-refractivity contribution is -0.135. The highest BCUT2D eigenvalue weighted by Gasteiger charge is 2.31. The molecule has 1 aromatic rings. The van der Waals surface area contributed by atoms with E-state index in [0.29, 0.717) is 6.04 Å². The van der Waals surface area contributed by atoms with Crippen LogP contribution in [0.3, 0.4) is 0 Å². The van der Waals surface area contributed by atoms with Gasteiger partial charge in [0.05, 0.1) is 6.04 Å². The molecule has 2 heterocycles. The Hall–Kier alpha value is -1.75. The summed E-state index contributed by atoms with van der Waals surface area (Å²) in [7, 11) is 0. The Kier molecular flexibility index (Phi) is 5.23. The molecule has 0 saturated carbocycles. The summed E-state index contributed by atoms with van der Waals surface area (Å²) in [5.41, 5.74) is 4.08. The number of halogens is 1. The zero-order valence-corrected chi connectivity index (χ0v) is 15.8. The molecule has 136 valence electrons. The Labute approximate surface area is 155 Å². The summed E-state index contributed by atoms with van der Waals surface area (Å²) < 4.78 is 0. The molecule has 1 atom stereocenters. The van der Waals surface area contributed by atoms with Gasteiger partial charge in [0.2, 0.25) is 5.91 Å². The van der Waals surface area contributed by atoms with E-state index in [9.17, 15) is 4.79 Å². The molecule has 1 aliphatic carbocycles. The highest BCUT2D eigenvalue weighted by atomic mass is 35.5. The number of nitrogens with zero attached hydrogens (tertiary/aromatic N) is 3. The van der Waals surface area contributed by atoms with E-state index in [1.54, 1.807) is 0 Å². The van der Waals surface area contributed by atoms with E-state index in [2.05, 4.69) is 28.4 Å². The van der Waals surface area contributed by atoms with Gasteiger partial charge in [-0.05, 0) is 30.9 Å². The average molecular weight is 363 g/mol. The van der Waals surface area contributed by atoms with Gasteiger partial charge in [-0.3, -0.25) is 4.79 Å². The largest absolute Gasteiger partial charge is 0.339 e. The predicted molar refractivity (Wildman–Crippen MR) is 103 cm³/mol.